The van der Waals surface area contributed by atoms with Gasteiger partial charge in [-0.25, -0.2) is 4.79 Å². The van der Waals surface area contributed by atoms with Crippen LogP contribution in [-0.2, 0) is 20.9 Å². The SMILES string of the molecule is CC(C)(C)OC(=O)N[C@@H]1CCN(c2ccc3c(c2)CN(C2CCC(=O)NC2=O)C3=O)C1. The lowest BCUT2D eigenvalue weighted by Gasteiger charge is -2.29. The number of hydrogen-bond donors (Lipinski definition) is 2. The minimum atomic E-state index is -0.616. The summed E-state index contributed by atoms with van der Waals surface area (Å²) in [4.78, 5) is 52.2. The average Bonchev–Trinajstić information content (AvgIpc) is 3.25. The van der Waals surface area contributed by atoms with Crippen molar-refractivity contribution in [1.82, 2.24) is 15.5 Å². The molecule has 0 spiro atoms. The van der Waals surface area contributed by atoms with Gasteiger partial charge >= 0.3 is 6.09 Å². The van der Waals surface area contributed by atoms with E-state index < -0.39 is 23.6 Å². The van der Waals surface area contributed by atoms with E-state index in [1.165, 1.54) is 0 Å². The summed E-state index contributed by atoms with van der Waals surface area (Å²) in [7, 11) is 0. The van der Waals surface area contributed by atoms with Crippen LogP contribution in [0.5, 0.6) is 0 Å². The predicted molar refractivity (Wildman–Crippen MR) is 112 cm³/mol. The van der Waals surface area contributed by atoms with Gasteiger partial charge in [0.15, 0.2) is 0 Å². The first-order valence-electron chi connectivity index (χ1n) is 10.6. The summed E-state index contributed by atoms with van der Waals surface area (Å²) in [6.07, 6.45) is 0.972. The number of carbonyl (C=O) groups is 4. The second kappa shape index (κ2) is 7.86. The second-order valence-corrected chi connectivity index (χ2v) is 9.32. The van der Waals surface area contributed by atoms with Crippen LogP contribution in [-0.4, -0.2) is 59.5 Å². The molecule has 0 aliphatic carbocycles. The van der Waals surface area contributed by atoms with Gasteiger partial charge in [0.25, 0.3) is 5.91 Å². The number of ether oxygens (including phenoxy) is 1. The van der Waals surface area contributed by atoms with Gasteiger partial charge in [0.2, 0.25) is 11.8 Å². The zero-order valence-corrected chi connectivity index (χ0v) is 18.1. The van der Waals surface area contributed by atoms with Crippen molar-refractivity contribution in [2.24, 2.45) is 0 Å². The first-order valence-corrected chi connectivity index (χ1v) is 10.6. The molecule has 0 saturated carbocycles. The number of rotatable bonds is 3. The van der Waals surface area contributed by atoms with Gasteiger partial charge in [0.05, 0.1) is 6.04 Å². The number of imide groups is 1. The highest BCUT2D eigenvalue weighted by Crippen LogP contribution is 2.31. The number of nitrogens with one attached hydrogen (secondary N) is 2. The predicted octanol–water partition coefficient (Wildman–Crippen LogP) is 1.55. The second-order valence-electron chi connectivity index (χ2n) is 9.32. The van der Waals surface area contributed by atoms with E-state index in [1.54, 1.807) is 11.0 Å². The van der Waals surface area contributed by atoms with Crippen molar-refractivity contribution < 1.29 is 23.9 Å². The minimum Gasteiger partial charge on any atom is -0.444 e. The maximum Gasteiger partial charge on any atom is 0.407 e. The van der Waals surface area contributed by atoms with Crippen LogP contribution in [0.4, 0.5) is 10.5 Å². The molecule has 1 aromatic carbocycles. The van der Waals surface area contributed by atoms with Crippen molar-refractivity contribution in [3.63, 3.8) is 0 Å². The molecule has 166 valence electrons. The molecule has 2 fully saturated rings. The number of fused-ring (bicyclic) bond motifs is 1. The first kappa shape index (κ1) is 21.1. The lowest BCUT2D eigenvalue weighted by molar-refractivity contribution is -0.136. The van der Waals surface area contributed by atoms with Crippen LogP contribution in [0.3, 0.4) is 0 Å². The zero-order chi connectivity index (χ0) is 22.3. The minimum absolute atomic E-state index is 0.00953. The van der Waals surface area contributed by atoms with Crippen LogP contribution in [0.1, 0.15) is 56.0 Å². The van der Waals surface area contributed by atoms with Gasteiger partial charge in [-0.05, 0) is 57.4 Å². The molecule has 4 rings (SSSR count). The van der Waals surface area contributed by atoms with Crippen LogP contribution in [0, 0.1) is 0 Å². The van der Waals surface area contributed by atoms with E-state index in [2.05, 4.69) is 15.5 Å². The Labute approximate surface area is 181 Å². The molecule has 0 bridgehead atoms. The molecule has 0 radical (unpaired) electrons. The summed E-state index contributed by atoms with van der Waals surface area (Å²) < 4.78 is 5.33. The lowest BCUT2D eigenvalue weighted by Crippen LogP contribution is -2.52. The molecule has 2 N–H and O–H groups in total. The van der Waals surface area contributed by atoms with Crippen LogP contribution in [0.15, 0.2) is 18.2 Å². The molecule has 9 nitrogen and oxygen atoms in total. The van der Waals surface area contributed by atoms with Gasteiger partial charge in [0.1, 0.15) is 11.6 Å². The summed E-state index contributed by atoms with van der Waals surface area (Å²) >= 11 is 0. The third-order valence-electron chi connectivity index (χ3n) is 5.78. The largest absolute Gasteiger partial charge is 0.444 e. The summed E-state index contributed by atoms with van der Waals surface area (Å²) in [5, 5.41) is 5.24. The van der Waals surface area contributed by atoms with Gasteiger partial charge in [-0.3, -0.25) is 19.7 Å². The lowest BCUT2D eigenvalue weighted by atomic mass is 10.0. The van der Waals surface area contributed by atoms with Crippen LogP contribution >= 0.6 is 0 Å². The summed E-state index contributed by atoms with van der Waals surface area (Å²) in [6, 6.07) is 5.06. The zero-order valence-electron chi connectivity index (χ0n) is 18.1. The van der Waals surface area contributed by atoms with Crippen molar-refractivity contribution in [1.29, 1.82) is 0 Å². The fraction of sp³-hybridized carbons (Fsp3) is 0.545. The Bertz CT molecular complexity index is 938. The van der Waals surface area contributed by atoms with Crippen molar-refractivity contribution in [3.05, 3.63) is 29.3 Å². The molecule has 3 heterocycles. The Kier molecular flexibility index (Phi) is 5.36. The van der Waals surface area contributed by atoms with Gasteiger partial charge in [-0.1, -0.05) is 0 Å². The maximum absolute atomic E-state index is 12.8. The van der Waals surface area contributed by atoms with Gasteiger partial charge in [0, 0.05) is 37.3 Å². The van der Waals surface area contributed by atoms with Gasteiger partial charge < -0.3 is 19.9 Å². The van der Waals surface area contributed by atoms with Crippen LogP contribution in [0.2, 0.25) is 0 Å². The number of alkyl carbamates (subject to hydrolysis) is 1. The Morgan fingerprint density at radius 2 is 1.97 bits per heavy atom. The van der Waals surface area contributed by atoms with Crippen LogP contribution in [0.25, 0.3) is 0 Å². The number of nitrogens with zero attached hydrogens (tertiary/aromatic N) is 2. The molecular formula is C22H28N4O5. The topological polar surface area (TPSA) is 108 Å². The fourth-order valence-corrected chi connectivity index (χ4v) is 4.34. The standard InChI is InChI=1S/C22H28N4O5/c1-22(2,3)31-21(30)23-14-8-9-25(12-14)15-4-5-16-13(10-15)11-26(20(16)29)17-6-7-18(27)24-19(17)28/h4-5,10,14,17H,6-9,11-12H2,1-3H3,(H,23,30)(H,24,27,28)/t14-,17?/m1/s1. The first-order chi connectivity index (χ1) is 14.6. The maximum atomic E-state index is 12.8. The Morgan fingerprint density at radius 1 is 1.19 bits per heavy atom. The van der Waals surface area contributed by atoms with E-state index in [1.807, 2.05) is 32.9 Å². The van der Waals surface area contributed by atoms with Crippen molar-refractivity contribution in [3.8, 4) is 0 Å². The number of piperidine rings is 1. The van der Waals surface area contributed by atoms with E-state index >= 15 is 0 Å². The van der Waals surface area contributed by atoms with E-state index in [-0.39, 0.29) is 24.3 Å². The van der Waals surface area contributed by atoms with E-state index in [0.29, 0.717) is 25.1 Å². The highest BCUT2D eigenvalue weighted by Gasteiger charge is 2.39. The molecule has 3 aliphatic rings. The molecule has 2 saturated heterocycles. The van der Waals surface area contributed by atoms with E-state index in [9.17, 15) is 19.2 Å². The summed E-state index contributed by atoms with van der Waals surface area (Å²) in [5.41, 5.74) is 1.90. The number of carbonyl (C=O) groups excluding carboxylic acids is 4. The molecule has 9 heteroatoms. The van der Waals surface area contributed by atoms with Gasteiger partial charge in [-0.2, -0.15) is 0 Å². The molecule has 3 aliphatic heterocycles. The van der Waals surface area contributed by atoms with Crippen molar-refractivity contribution >= 4 is 29.5 Å². The molecule has 4 amide bonds. The quantitative estimate of drug-likeness (QED) is 0.708. The van der Waals surface area contributed by atoms with E-state index in [0.717, 1.165) is 24.2 Å². The highest BCUT2D eigenvalue weighted by molar-refractivity contribution is 6.05. The molecule has 1 unspecified atom stereocenters. The Hall–Kier alpha value is -3.10. The number of anilines is 1. The van der Waals surface area contributed by atoms with Crippen molar-refractivity contribution in [2.45, 2.75) is 64.3 Å². The molecule has 0 aromatic heterocycles. The normalized spacial score (nSPS) is 23.6. The molecule has 1 aromatic rings. The molecule has 2 atom stereocenters. The third kappa shape index (κ3) is 4.50. The van der Waals surface area contributed by atoms with E-state index in [4.69, 9.17) is 4.74 Å². The molecule has 31 heavy (non-hydrogen) atoms. The fourth-order valence-electron chi connectivity index (χ4n) is 4.34. The smallest absolute Gasteiger partial charge is 0.407 e. The van der Waals surface area contributed by atoms with Gasteiger partial charge in [-0.15, -0.1) is 0 Å². The number of amides is 4. The van der Waals surface area contributed by atoms with Crippen molar-refractivity contribution in [2.75, 3.05) is 18.0 Å². The molecular weight excluding hydrogens is 400 g/mol. The monoisotopic (exact) mass is 428 g/mol. The summed E-state index contributed by atoms with van der Waals surface area (Å²) in [6.45, 7) is 7.28. The Morgan fingerprint density at radius 3 is 2.68 bits per heavy atom. The Balaban J connectivity index is 1.40. The number of hydrogen-bond acceptors (Lipinski definition) is 6. The third-order valence-corrected chi connectivity index (χ3v) is 5.78. The van der Waals surface area contributed by atoms with Crippen LogP contribution < -0.4 is 15.5 Å². The highest BCUT2D eigenvalue weighted by atomic mass is 16.6. The number of benzene rings is 1. The average molecular weight is 428 g/mol. The summed E-state index contributed by atoms with van der Waals surface area (Å²) in [5.74, 6) is -0.883.